The minimum atomic E-state index is -4.40. The van der Waals surface area contributed by atoms with E-state index in [-0.39, 0.29) is 12.2 Å². The highest BCUT2D eigenvalue weighted by Gasteiger charge is 2.36. The third-order valence-electron chi connectivity index (χ3n) is 3.56. The van der Waals surface area contributed by atoms with Crippen LogP contribution in [0, 0.1) is 0 Å². The Labute approximate surface area is 114 Å². The number of carbonyl (C=O) groups excluding carboxylic acids is 1. The molecule has 0 unspecified atom stereocenters. The van der Waals surface area contributed by atoms with Crippen molar-refractivity contribution in [1.82, 2.24) is 0 Å². The van der Waals surface area contributed by atoms with Crippen LogP contribution in [-0.4, -0.2) is 24.5 Å². The van der Waals surface area contributed by atoms with Crippen LogP contribution in [0.5, 0.6) is 0 Å². The standard InChI is InChI=1S/C14H16F3NO2/c15-14(16,17)11-3-1-2-10(8-11)9-12(19)13(18)4-6-20-7-5-13/h1-3,8H,4-7,9,18H2. The molecule has 6 heteroatoms. The second-order valence-electron chi connectivity index (χ2n) is 5.07. The number of ketones is 1. The lowest BCUT2D eigenvalue weighted by Crippen LogP contribution is -2.52. The van der Waals surface area contributed by atoms with Gasteiger partial charge in [-0.2, -0.15) is 13.2 Å². The quantitative estimate of drug-likeness (QED) is 0.928. The van der Waals surface area contributed by atoms with Gasteiger partial charge in [-0.3, -0.25) is 4.79 Å². The number of alkyl halides is 3. The van der Waals surface area contributed by atoms with Gasteiger partial charge < -0.3 is 10.5 Å². The van der Waals surface area contributed by atoms with Crippen LogP contribution < -0.4 is 5.73 Å². The first-order valence-electron chi connectivity index (χ1n) is 6.37. The number of benzene rings is 1. The highest BCUT2D eigenvalue weighted by atomic mass is 19.4. The Morgan fingerprint density at radius 1 is 1.30 bits per heavy atom. The van der Waals surface area contributed by atoms with Crippen molar-refractivity contribution in [2.75, 3.05) is 13.2 Å². The van der Waals surface area contributed by atoms with Crippen LogP contribution in [0.4, 0.5) is 13.2 Å². The van der Waals surface area contributed by atoms with Gasteiger partial charge in [0.25, 0.3) is 0 Å². The summed E-state index contributed by atoms with van der Waals surface area (Å²) in [7, 11) is 0. The van der Waals surface area contributed by atoms with Gasteiger partial charge in [0.15, 0.2) is 5.78 Å². The largest absolute Gasteiger partial charge is 0.416 e. The van der Waals surface area contributed by atoms with E-state index in [1.807, 2.05) is 0 Å². The Morgan fingerprint density at radius 2 is 1.95 bits per heavy atom. The van der Waals surface area contributed by atoms with Crippen molar-refractivity contribution < 1.29 is 22.7 Å². The third-order valence-corrected chi connectivity index (χ3v) is 3.56. The monoisotopic (exact) mass is 287 g/mol. The van der Waals surface area contributed by atoms with Gasteiger partial charge in [0, 0.05) is 19.6 Å². The number of halogens is 3. The molecule has 0 saturated carbocycles. The molecule has 2 rings (SSSR count). The Kier molecular flexibility index (Phi) is 4.15. The Bertz CT molecular complexity index is 493. The Hall–Kier alpha value is -1.40. The number of hydrogen-bond acceptors (Lipinski definition) is 3. The second kappa shape index (κ2) is 5.54. The fourth-order valence-electron chi connectivity index (χ4n) is 2.23. The fourth-order valence-corrected chi connectivity index (χ4v) is 2.23. The van der Waals surface area contributed by atoms with E-state index in [2.05, 4.69) is 0 Å². The summed E-state index contributed by atoms with van der Waals surface area (Å²) in [5, 5.41) is 0. The molecule has 20 heavy (non-hydrogen) atoms. The maximum absolute atomic E-state index is 12.6. The van der Waals surface area contributed by atoms with Gasteiger partial charge in [-0.25, -0.2) is 0 Å². The maximum Gasteiger partial charge on any atom is 0.416 e. The van der Waals surface area contributed by atoms with E-state index in [9.17, 15) is 18.0 Å². The number of carbonyl (C=O) groups is 1. The zero-order chi connectivity index (χ0) is 14.8. The van der Waals surface area contributed by atoms with Crippen molar-refractivity contribution in [2.45, 2.75) is 31.0 Å². The average Bonchev–Trinajstić information content (AvgIpc) is 2.39. The normalized spacial score (nSPS) is 18.8. The van der Waals surface area contributed by atoms with E-state index >= 15 is 0 Å². The molecule has 2 N–H and O–H groups in total. The van der Waals surface area contributed by atoms with Gasteiger partial charge in [0.05, 0.1) is 11.1 Å². The third kappa shape index (κ3) is 3.37. The van der Waals surface area contributed by atoms with Gasteiger partial charge >= 0.3 is 6.18 Å². The van der Waals surface area contributed by atoms with Crippen LogP contribution in [0.25, 0.3) is 0 Å². The zero-order valence-corrected chi connectivity index (χ0v) is 10.9. The lowest BCUT2D eigenvalue weighted by molar-refractivity contribution is -0.137. The predicted octanol–water partition coefficient (Wildman–Crippen LogP) is 2.32. The van der Waals surface area contributed by atoms with Crippen molar-refractivity contribution in [1.29, 1.82) is 0 Å². The second-order valence-corrected chi connectivity index (χ2v) is 5.07. The molecule has 0 radical (unpaired) electrons. The summed E-state index contributed by atoms with van der Waals surface area (Å²) in [4.78, 5) is 12.2. The topological polar surface area (TPSA) is 52.3 Å². The molecule has 0 aromatic heterocycles. The van der Waals surface area contributed by atoms with Crippen LogP contribution in [0.3, 0.4) is 0 Å². The van der Waals surface area contributed by atoms with Crippen LogP contribution in [0.15, 0.2) is 24.3 Å². The molecule has 1 saturated heterocycles. The first kappa shape index (κ1) is 15.0. The van der Waals surface area contributed by atoms with Gasteiger partial charge in [-0.15, -0.1) is 0 Å². The zero-order valence-electron chi connectivity index (χ0n) is 10.9. The molecule has 1 aromatic rings. The van der Waals surface area contributed by atoms with Crippen LogP contribution >= 0.6 is 0 Å². The average molecular weight is 287 g/mol. The van der Waals surface area contributed by atoms with Gasteiger partial charge in [0.2, 0.25) is 0 Å². The Balaban J connectivity index is 2.12. The fraction of sp³-hybridized carbons (Fsp3) is 0.500. The van der Waals surface area contributed by atoms with E-state index in [1.54, 1.807) is 0 Å². The first-order valence-corrected chi connectivity index (χ1v) is 6.37. The van der Waals surface area contributed by atoms with Crippen LogP contribution in [0.2, 0.25) is 0 Å². The molecule has 0 spiro atoms. The molecule has 1 aliphatic rings. The number of rotatable bonds is 3. The minimum absolute atomic E-state index is 0.0829. The minimum Gasteiger partial charge on any atom is -0.381 e. The SMILES string of the molecule is NC1(C(=O)Cc2cccc(C(F)(F)F)c2)CCOCC1. The van der Waals surface area contributed by atoms with E-state index in [1.165, 1.54) is 12.1 Å². The van der Waals surface area contributed by atoms with Crippen molar-refractivity contribution in [3.63, 3.8) is 0 Å². The van der Waals surface area contributed by atoms with Crippen molar-refractivity contribution in [3.8, 4) is 0 Å². The molecule has 1 fully saturated rings. The van der Waals surface area contributed by atoms with Gasteiger partial charge in [-0.1, -0.05) is 18.2 Å². The lowest BCUT2D eigenvalue weighted by atomic mass is 9.84. The molecule has 0 aliphatic carbocycles. The molecule has 0 amide bonds. The number of ether oxygens (including phenoxy) is 1. The molecule has 1 aliphatic heterocycles. The number of nitrogens with two attached hydrogens (primary N) is 1. The summed E-state index contributed by atoms with van der Waals surface area (Å²) >= 11 is 0. The van der Waals surface area contributed by atoms with Crippen molar-refractivity contribution in [2.24, 2.45) is 5.73 Å². The number of hydrogen-bond donors (Lipinski definition) is 1. The highest BCUT2D eigenvalue weighted by Crippen LogP contribution is 2.30. The van der Waals surface area contributed by atoms with Crippen LogP contribution in [0.1, 0.15) is 24.0 Å². The first-order chi connectivity index (χ1) is 9.31. The summed E-state index contributed by atoms with van der Waals surface area (Å²) in [6, 6.07) is 4.80. The smallest absolute Gasteiger partial charge is 0.381 e. The molecule has 3 nitrogen and oxygen atoms in total. The lowest BCUT2D eigenvalue weighted by Gasteiger charge is -2.31. The van der Waals surface area contributed by atoms with E-state index < -0.39 is 17.3 Å². The maximum atomic E-state index is 12.6. The summed E-state index contributed by atoms with van der Waals surface area (Å²) in [6.45, 7) is 0.815. The summed E-state index contributed by atoms with van der Waals surface area (Å²) in [5.74, 6) is -0.236. The van der Waals surface area contributed by atoms with Crippen LogP contribution in [-0.2, 0) is 22.1 Å². The van der Waals surface area contributed by atoms with E-state index in [0.29, 0.717) is 31.6 Å². The predicted molar refractivity (Wildman–Crippen MR) is 67.1 cm³/mol. The van der Waals surface area contributed by atoms with Gasteiger partial charge in [-0.05, 0) is 24.5 Å². The van der Waals surface area contributed by atoms with Gasteiger partial charge in [0.1, 0.15) is 0 Å². The molecule has 0 bridgehead atoms. The summed E-state index contributed by atoms with van der Waals surface area (Å²) < 4.78 is 43.0. The number of Topliss-reactive ketones (excluding diaryl/α,β-unsaturated/α-hetero) is 1. The van der Waals surface area contributed by atoms with Crippen molar-refractivity contribution in [3.05, 3.63) is 35.4 Å². The Morgan fingerprint density at radius 3 is 2.55 bits per heavy atom. The molecule has 110 valence electrons. The van der Waals surface area contributed by atoms with E-state index in [0.717, 1.165) is 12.1 Å². The summed E-state index contributed by atoms with van der Waals surface area (Å²) in [6.07, 6.45) is -3.67. The molecule has 0 atom stereocenters. The van der Waals surface area contributed by atoms with E-state index in [4.69, 9.17) is 10.5 Å². The molecule has 1 aromatic carbocycles. The molecular weight excluding hydrogens is 271 g/mol. The summed E-state index contributed by atoms with van der Waals surface area (Å²) in [5.41, 5.74) is 4.63. The van der Waals surface area contributed by atoms with Crippen molar-refractivity contribution >= 4 is 5.78 Å². The molecular formula is C14H16F3NO2. The molecule has 1 heterocycles. The highest BCUT2D eigenvalue weighted by molar-refractivity contribution is 5.90.